The number of nitrogens with one attached hydrogen (secondary N) is 2. The average molecular weight is 295 g/mol. The Balaban J connectivity index is 0.00000144. The van der Waals surface area contributed by atoms with Crippen LogP contribution >= 0.6 is 24.8 Å². The molecule has 18 heavy (non-hydrogen) atoms. The van der Waals surface area contributed by atoms with Gasteiger partial charge in [-0.2, -0.15) is 0 Å². The van der Waals surface area contributed by atoms with Crippen molar-refractivity contribution >= 4 is 30.7 Å². The van der Waals surface area contributed by atoms with E-state index in [0.29, 0.717) is 12.5 Å². The second kappa shape index (κ2) is 8.34. The van der Waals surface area contributed by atoms with Crippen LogP contribution in [-0.4, -0.2) is 47.5 Å². The van der Waals surface area contributed by atoms with Gasteiger partial charge in [0, 0.05) is 31.4 Å². The number of halogens is 2. The molecule has 5 nitrogen and oxygen atoms in total. The first-order valence-electron chi connectivity index (χ1n) is 5.73. The van der Waals surface area contributed by atoms with Gasteiger partial charge in [-0.3, -0.25) is 4.79 Å². The van der Waals surface area contributed by atoms with Crippen LogP contribution in [0, 0.1) is 0 Å². The molecule has 2 N–H and O–H groups in total. The van der Waals surface area contributed by atoms with Crippen LogP contribution in [-0.2, 0) is 4.79 Å². The predicted molar refractivity (Wildman–Crippen MR) is 75.6 cm³/mol. The Morgan fingerprint density at radius 1 is 1.61 bits per heavy atom. The van der Waals surface area contributed by atoms with Crippen molar-refractivity contribution in [1.29, 1.82) is 0 Å². The van der Waals surface area contributed by atoms with Crippen LogP contribution in [0.4, 0.5) is 0 Å². The number of piperidine rings is 1. The van der Waals surface area contributed by atoms with Crippen LogP contribution in [0.3, 0.4) is 0 Å². The molecule has 0 saturated carbocycles. The van der Waals surface area contributed by atoms with E-state index >= 15 is 0 Å². The maximum Gasteiger partial charge on any atom is 0.236 e. The molecule has 1 aromatic heterocycles. The van der Waals surface area contributed by atoms with Gasteiger partial charge in [0.15, 0.2) is 0 Å². The van der Waals surface area contributed by atoms with Crippen molar-refractivity contribution in [3.05, 3.63) is 18.2 Å². The highest BCUT2D eigenvalue weighted by Gasteiger charge is 2.25. The summed E-state index contributed by atoms with van der Waals surface area (Å²) in [4.78, 5) is 21.1. The number of nitrogens with zero attached hydrogens (tertiary/aromatic N) is 2. The third-order valence-corrected chi connectivity index (χ3v) is 3.01. The van der Waals surface area contributed by atoms with Crippen LogP contribution in [0.25, 0.3) is 0 Å². The SMILES string of the molecule is CNCC(=O)N1CCCC(c2ncc[nH]2)C1.Cl.Cl. The maximum atomic E-state index is 11.7. The van der Waals surface area contributed by atoms with E-state index in [2.05, 4.69) is 15.3 Å². The van der Waals surface area contributed by atoms with Gasteiger partial charge >= 0.3 is 0 Å². The molecule has 1 amide bonds. The minimum atomic E-state index is 0. The minimum absolute atomic E-state index is 0. The van der Waals surface area contributed by atoms with Crippen LogP contribution < -0.4 is 5.32 Å². The molecule has 0 radical (unpaired) electrons. The van der Waals surface area contributed by atoms with Crippen LogP contribution in [0.1, 0.15) is 24.6 Å². The molecule has 0 aliphatic carbocycles. The van der Waals surface area contributed by atoms with E-state index in [1.54, 1.807) is 13.2 Å². The standard InChI is InChI=1S/C11H18N4O.2ClH/c1-12-7-10(16)15-6-2-3-9(8-15)11-13-4-5-14-11;;/h4-5,9,12H,2-3,6-8H2,1H3,(H,13,14);2*1H. The summed E-state index contributed by atoms with van der Waals surface area (Å²) >= 11 is 0. The number of rotatable bonds is 3. The predicted octanol–water partition coefficient (Wildman–Crippen LogP) is 1.18. The number of hydrogen-bond acceptors (Lipinski definition) is 3. The minimum Gasteiger partial charge on any atom is -0.348 e. The summed E-state index contributed by atoms with van der Waals surface area (Å²) in [6.07, 6.45) is 5.77. The Kier molecular flexibility index (Phi) is 7.98. The van der Waals surface area contributed by atoms with Gasteiger partial charge in [0.25, 0.3) is 0 Å². The molecule has 7 heteroatoms. The van der Waals surface area contributed by atoms with Gasteiger partial charge in [-0.25, -0.2) is 4.98 Å². The highest BCUT2D eigenvalue weighted by molar-refractivity contribution is 5.85. The summed E-state index contributed by atoms with van der Waals surface area (Å²) in [6.45, 7) is 2.08. The zero-order chi connectivity index (χ0) is 11.4. The molecule has 1 fully saturated rings. The number of H-pyrrole nitrogens is 1. The fourth-order valence-electron chi connectivity index (χ4n) is 2.19. The zero-order valence-electron chi connectivity index (χ0n) is 10.4. The Labute approximate surface area is 120 Å². The Bertz CT molecular complexity index is 345. The number of amides is 1. The van der Waals surface area contributed by atoms with E-state index in [4.69, 9.17) is 0 Å². The number of carbonyl (C=O) groups is 1. The summed E-state index contributed by atoms with van der Waals surface area (Å²) in [6, 6.07) is 0. The molecule has 0 bridgehead atoms. The largest absolute Gasteiger partial charge is 0.348 e. The van der Waals surface area contributed by atoms with E-state index in [-0.39, 0.29) is 30.7 Å². The highest BCUT2D eigenvalue weighted by Crippen LogP contribution is 2.23. The third-order valence-electron chi connectivity index (χ3n) is 3.01. The number of carbonyl (C=O) groups excluding carboxylic acids is 1. The topological polar surface area (TPSA) is 61.0 Å². The Hall–Kier alpha value is -0.780. The van der Waals surface area contributed by atoms with Gasteiger partial charge in [-0.15, -0.1) is 24.8 Å². The van der Waals surface area contributed by atoms with Gasteiger partial charge in [-0.05, 0) is 19.9 Å². The lowest BCUT2D eigenvalue weighted by Crippen LogP contribution is -2.43. The van der Waals surface area contributed by atoms with Crippen LogP contribution in [0.2, 0.25) is 0 Å². The van der Waals surface area contributed by atoms with Crippen molar-refractivity contribution in [2.75, 3.05) is 26.7 Å². The normalized spacial score (nSPS) is 18.7. The first-order valence-corrected chi connectivity index (χ1v) is 5.73. The lowest BCUT2D eigenvalue weighted by Gasteiger charge is -2.31. The Morgan fingerprint density at radius 3 is 3.00 bits per heavy atom. The van der Waals surface area contributed by atoms with Crippen LogP contribution in [0.15, 0.2) is 12.4 Å². The van der Waals surface area contributed by atoms with Crippen LogP contribution in [0.5, 0.6) is 0 Å². The van der Waals surface area contributed by atoms with E-state index < -0.39 is 0 Å². The quantitative estimate of drug-likeness (QED) is 0.880. The molecule has 1 aliphatic rings. The molecule has 0 spiro atoms. The second-order valence-corrected chi connectivity index (χ2v) is 4.18. The molecular weight excluding hydrogens is 275 g/mol. The average Bonchev–Trinajstić information content (AvgIpc) is 2.83. The summed E-state index contributed by atoms with van der Waals surface area (Å²) in [5.41, 5.74) is 0. The third kappa shape index (κ3) is 4.15. The number of aromatic nitrogens is 2. The first-order chi connectivity index (χ1) is 7.81. The molecule has 2 rings (SSSR count). The van der Waals surface area contributed by atoms with E-state index in [0.717, 1.165) is 31.8 Å². The van der Waals surface area contributed by atoms with E-state index in [1.165, 1.54) is 0 Å². The van der Waals surface area contributed by atoms with Crippen molar-refractivity contribution in [2.24, 2.45) is 0 Å². The van der Waals surface area contributed by atoms with Crippen molar-refractivity contribution in [1.82, 2.24) is 20.2 Å². The summed E-state index contributed by atoms with van der Waals surface area (Å²) in [5.74, 6) is 1.55. The highest BCUT2D eigenvalue weighted by atomic mass is 35.5. The number of likely N-dealkylation sites (tertiary alicyclic amines) is 1. The molecule has 0 aromatic carbocycles. The maximum absolute atomic E-state index is 11.7. The van der Waals surface area contributed by atoms with Crippen molar-refractivity contribution in [2.45, 2.75) is 18.8 Å². The molecule has 104 valence electrons. The summed E-state index contributed by atoms with van der Waals surface area (Å²) < 4.78 is 0. The molecule has 1 unspecified atom stereocenters. The van der Waals surface area contributed by atoms with Gasteiger partial charge < -0.3 is 15.2 Å². The smallest absolute Gasteiger partial charge is 0.236 e. The van der Waals surface area contributed by atoms with Crippen molar-refractivity contribution < 1.29 is 4.79 Å². The van der Waals surface area contributed by atoms with Crippen molar-refractivity contribution in [3.8, 4) is 0 Å². The van der Waals surface area contributed by atoms with Gasteiger partial charge in [0.1, 0.15) is 5.82 Å². The lowest BCUT2D eigenvalue weighted by atomic mass is 9.97. The fourth-order valence-corrected chi connectivity index (χ4v) is 2.19. The van der Waals surface area contributed by atoms with Gasteiger partial charge in [0.2, 0.25) is 5.91 Å². The zero-order valence-corrected chi connectivity index (χ0v) is 12.0. The molecule has 2 heterocycles. The molecule has 1 saturated heterocycles. The van der Waals surface area contributed by atoms with E-state index in [9.17, 15) is 4.79 Å². The number of likely N-dealkylation sites (N-methyl/N-ethyl adjacent to an activating group) is 1. The fraction of sp³-hybridized carbons (Fsp3) is 0.636. The monoisotopic (exact) mass is 294 g/mol. The summed E-state index contributed by atoms with van der Waals surface area (Å²) in [5, 5.41) is 2.90. The number of hydrogen-bond donors (Lipinski definition) is 2. The number of imidazole rings is 1. The van der Waals surface area contributed by atoms with Gasteiger partial charge in [-0.1, -0.05) is 0 Å². The van der Waals surface area contributed by atoms with Crippen molar-refractivity contribution in [3.63, 3.8) is 0 Å². The summed E-state index contributed by atoms with van der Waals surface area (Å²) in [7, 11) is 1.80. The Morgan fingerprint density at radius 2 is 2.39 bits per heavy atom. The lowest BCUT2D eigenvalue weighted by molar-refractivity contribution is -0.131. The van der Waals surface area contributed by atoms with Gasteiger partial charge in [0.05, 0.1) is 6.54 Å². The van der Waals surface area contributed by atoms with E-state index in [1.807, 2.05) is 11.1 Å². The molecule has 1 aliphatic heterocycles. The number of aromatic amines is 1. The molecule has 1 atom stereocenters. The molecule has 1 aromatic rings. The first kappa shape index (κ1) is 17.2. The molecular formula is C11H20Cl2N4O. The second-order valence-electron chi connectivity index (χ2n) is 4.18.